The minimum atomic E-state index is -0.921. The van der Waals surface area contributed by atoms with Gasteiger partial charge in [-0.05, 0) is 31.2 Å². The van der Waals surface area contributed by atoms with Crippen LogP contribution in [0.1, 0.15) is 5.01 Å². The van der Waals surface area contributed by atoms with Gasteiger partial charge in [0.1, 0.15) is 23.9 Å². The lowest BCUT2D eigenvalue weighted by Gasteiger charge is -2.09. The molecule has 0 unspecified atom stereocenters. The molecule has 0 bridgehead atoms. The smallest absolute Gasteiger partial charge is 0.294 e. The van der Waals surface area contributed by atoms with Crippen LogP contribution in [0.2, 0.25) is 0 Å². The number of aryl methyl sites for hydroxylation is 1. The van der Waals surface area contributed by atoms with E-state index in [-0.39, 0.29) is 11.2 Å². The first-order valence-corrected chi connectivity index (χ1v) is 8.91. The quantitative estimate of drug-likeness (QED) is 0.566. The number of nitrogens with zero attached hydrogens (tertiary/aromatic N) is 3. The maximum atomic E-state index is 13.7. The summed E-state index contributed by atoms with van der Waals surface area (Å²) >= 11 is 1.29. The van der Waals surface area contributed by atoms with Gasteiger partial charge in [-0.25, -0.2) is 18.4 Å². The topological polar surface area (TPSA) is 90.0 Å². The van der Waals surface area contributed by atoms with Crippen LogP contribution in [0.4, 0.5) is 14.5 Å². The molecule has 0 aliphatic rings. The lowest BCUT2D eigenvalue weighted by Crippen LogP contribution is -2.30. The van der Waals surface area contributed by atoms with E-state index in [1.807, 2.05) is 0 Å². The number of fused-ring (bicyclic) bond motifs is 1. The van der Waals surface area contributed by atoms with E-state index in [4.69, 9.17) is 4.42 Å². The first-order chi connectivity index (χ1) is 13.4. The third-order valence-electron chi connectivity index (χ3n) is 3.86. The molecule has 0 aliphatic carbocycles. The molecule has 0 radical (unpaired) electrons. The minimum absolute atomic E-state index is 0.171. The zero-order valence-corrected chi connectivity index (χ0v) is 15.2. The summed E-state index contributed by atoms with van der Waals surface area (Å²) in [7, 11) is 0. The number of halogens is 2. The van der Waals surface area contributed by atoms with Crippen LogP contribution in [0.3, 0.4) is 0 Å². The Morgan fingerprint density at radius 1 is 1.32 bits per heavy atom. The fraction of sp³-hybridized carbons (Fsp3) is 0.111. The Hall–Kier alpha value is -3.40. The molecule has 0 saturated heterocycles. The summed E-state index contributed by atoms with van der Waals surface area (Å²) in [4.78, 5) is 29.2. The summed E-state index contributed by atoms with van der Waals surface area (Å²) in [6.45, 7) is 1.28. The van der Waals surface area contributed by atoms with E-state index in [0.717, 1.165) is 16.8 Å². The second-order valence-electron chi connectivity index (χ2n) is 5.87. The first kappa shape index (κ1) is 18.0. The second-order valence-corrected chi connectivity index (χ2v) is 7.07. The first-order valence-electron chi connectivity index (χ1n) is 8.09. The number of furan rings is 1. The van der Waals surface area contributed by atoms with Crippen LogP contribution < -0.4 is 10.9 Å². The molecule has 1 aromatic carbocycles. The van der Waals surface area contributed by atoms with Crippen molar-refractivity contribution in [1.29, 1.82) is 0 Å². The fourth-order valence-electron chi connectivity index (χ4n) is 2.66. The van der Waals surface area contributed by atoms with Crippen molar-refractivity contribution in [2.24, 2.45) is 0 Å². The maximum absolute atomic E-state index is 13.7. The summed E-state index contributed by atoms with van der Waals surface area (Å²) in [6, 6.07) is 6.12. The van der Waals surface area contributed by atoms with Gasteiger partial charge in [0.25, 0.3) is 5.56 Å². The minimum Gasteiger partial charge on any atom is -0.463 e. The third kappa shape index (κ3) is 3.29. The predicted octanol–water partition coefficient (Wildman–Crippen LogP) is 3.34. The number of aromatic nitrogens is 3. The molecule has 4 rings (SSSR count). The van der Waals surface area contributed by atoms with Gasteiger partial charge < -0.3 is 9.73 Å². The average Bonchev–Trinajstić information content (AvgIpc) is 3.29. The summed E-state index contributed by atoms with van der Waals surface area (Å²) in [6.07, 6.45) is 1.47. The summed E-state index contributed by atoms with van der Waals surface area (Å²) < 4.78 is 33.6. The molecule has 4 aromatic rings. The summed E-state index contributed by atoms with van der Waals surface area (Å²) in [5, 5.41) is 7.20. The van der Waals surface area contributed by atoms with Gasteiger partial charge in [0.15, 0.2) is 11.3 Å². The fourth-order valence-corrected chi connectivity index (χ4v) is 3.56. The number of carbonyl (C=O) groups excluding carboxylic acids is 1. The lowest BCUT2D eigenvalue weighted by atomic mass is 10.3. The van der Waals surface area contributed by atoms with E-state index >= 15 is 0 Å². The van der Waals surface area contributed by atoms with Crippen molar-refractivity contribution in [1.82, 2.24) is 14.8 Å². The van der Waals surface area contributed by atoms with Crippen molar-refractivity contribution in [3.8, 4) is 11.5 Å². The van der Waals surface area contributed by atoms with Crippen LogP contribution >= 0.6 is 11.3 Å². The van der Waals surface area contributed by atoms with Crippen molar-refractivity contribution in [2.45, 2.75) is 13.5 Å². The molecule has 7 nitrogen and oxygen atoms in total. The van der Waals surface area contributed by atoms with Gasteiger partial charge in [-0.3, -0.25) is 9.59 Å². The Kier molecular flexibility index (Phi) is 4.47. The highest BCUT2D eigenvalue weighted by Crippen LogP contribution is 2.29. The molecule has 1 N–H and O–H groups in total. The van der Waals surface area contributed by atoms with Gasteiger partial charge in [0.2, 0.25) is 5.91 Å². The molecule has 0 fully saturated rings. The number of nitrogens with one attached hydrogen (secondary N) is 1. The van der Waals surface area contributed by atoms with Crippen LogP contribution in [-0.4, -0.2) is 20.7 Å². The molecule has 1 amide bonds. The summed E-state index contributed by atoms with van der Waals surface area (Å²) in [5.74, 6) is -1.96. The van der Waals surface area contributed by atoms with Crippen molar-refractivity contribution < 1.29 is 18.0 Å². The highest BCUT2D eigenvalue weighted by Gasteiger charge is 2.19. The Balaban J connectivity index is 1.71. The molecule has 10 heteroatoms. The molecule has 0 aliphatic heterocycles. The standard InChI is InChI=1S/C18H12F2N4O3S/c1-9-21-16-17(28-9)15(13-3-2-6-27-13)23-24(18(16)26)8-14(25)22-12-5-4-10(19)7-11(12)20/h2-7H,8H2,1H3,(H,22,25). The van der Waals surface area contributed by atoms with Gasteiger partial charge >= 0.3 is 0 Å². The highest BCUT2D eigenvalue weighted by atomic mass is 32.1. The SMILES string of the molecule is Cc1nc2c(=O)n(CC(=O)Nc3ccc(F)cc3F)nc(-c3ccco3)c2s1. The predicted molar refractivity (Wildman–Crippen MR) is 99.1 cm³/mol. The largest absolute Gasteiger partial charge is 0.463 e. The van der Waals surface area contributed by atoms with E-state index in [1.54, 1.807) is 19.1 Å². The van der Waals surface area contributed by atoms with Gasteiger partial charge in [0.05, 0.1) is 21.7 Å². The molecule has 0 spiro atoms. The maximum Gasteiger partial charge on any atom is 0.294 e. The van der Waals surface area contributed by atoms with E-state index in [9.17, 15) is 18.4 Å². The van der Waals surface area contributed by atoms with Crippen LogP contribution in [0, 0.1) is 18.6 Å². The summed E-state index contributed by atoms with van der Waals surface area (Å²) in [5.41, 5.74) is -0.198. The Morgan fingerprint density at radius 3 is 2.86 bits per heavy atom. The zero-order chi connectivity index (χ0) is 19.8. The van der Waals surface area contributed by atoms with Crippen LogP contribution in [0.25, 0.3) is 21.7 Å². The Labute approximate surface area is 160 Å². The molecule has 3 aromatic heterocycles. The molecule has 3 heterocycles. The van der Waals surface area contributed by atoms with E-state index in [2.05, 4.69) is 15.4 Å². The molecular weight excluding hydrogens is 390 g/mol. The normalized spacial score (nSPS) is 11.1. The number of anilines is 1. The lowest BCUT2D eigenvalue weighted by molar-refractivity contribution is -0.117. The van der Waals surface area contributed by atoms with Gasteiger partial charge in [-0.1, -0.05) is 0 Å². The number of amides is 1. The van der Waals surface area contributed by atoms with Crippen LogP contribution in [0.15, 0.2) is 45.8 Å². The zero-order valence-electron chi connectivity index (χ0n) is 14.4. The molecule has 28 heavy (non-hydrogen) atoms. The molecule has 142 valence electrons. The van der Waals surface area contributed by atoms with Crippen molar-refractivity contribution in [2.75, 3.05) is 5.32 Å². The number of hydrogen-bond acceptors (Lipinski definition) is 6. The molecule has 0 atom stereocenters. The van der Waals surface area contributed by atoms with Crippen molar-refractivity contribution >= 4 is 33.1 Å². The Bertz CT molecular complexity index is 1250. The van der Waals surface area contributed by atoms with Crippen molar-refractivity contribution in [3.63, 3.8) is 0 Å². The number of hydrogen-bond donors (Lipinski definition) is 1. The van der Waals surface area contributed by atoms with Crippen molar-refractivity contribution in [3.05, 3.63) is 63.6 Å². The van der Waals surface area contributed by atoms with Crippen LogP contribution in [0.5, 0.6) is 0 Å². The Morgan fingerprint density at radius 2 is 2.14 bits per heavy atom. The highest BCUT2D eigenvalue weighted by molar-refractivity contribution is 7.19. The number of benzene rings is 1. The second kappa shape index (κ2) is 6.97. The monoisotopic (exact) mass is 402 g/mol. The number of carbonyl (C=O) groups is 1. The number of rotatable bonds is 4. The number of thiazole rings is 1. The van der Waals surface area contributed by atoms with Gasteiger partial charge in [0, 0.05) is 6.07 Å². The van der Waals surface area contributed by atoms with E-state index < -0.39 is 29.6 Å². The molecular formula is C18H12F2N4O3S. The third-order valence-corrected chi connectivity index (χ3v) is 4.84. The van der Waals surface area contributed by atoms with E-state index in [0.29, 0.717) is 27.2 Å². The van der Waals surface area contributed by atoms with E-state index in [1.165, 1.54) is 17.6 Å². The average molecular weight is 402 g/mol. The van der Waals surface area contributed by atoms with Gasteiger partial charge in [-0.2, -0.15) is 5.10 Å². The van der Waals surface area contributed by atoms with Crippen LogP contribution in [-0.2, 0) is 11.3 Å². The molecule has 0 saturated carbocycles. The van der Waals surface area contributed by atoms with Gasteiger partial charge in [-0.15, -0.1) is 11.3 Å².